The average molecular weight is 355 g/mol. The van der Waals surface area contributed by atoms with Gasteiger partial charge in [-0.15, -0.1) is 0 Å². The van der Waals surface area contributed by atoms with Crippen LogP contribution < -0.4 is 4.74 Å². The lowest BCUT2D eigenvalue weighted by Gasteiger charge is -2.17. The van der Waals surface area contributed by atoms with E-state index in [1.807, 2.05) is 0 Å². The molecule has 1 saturated heterocycles. The number of nitro groups is 1. The van der Waals surface area contributed by atoms with Crippen molar-refractivity contribution >= 4 is 5.69 Å². The van der Waals surface area contributed by atoms with Crippen LogP contribution in [0.5, 0.6) is 11.5 Å². The van der Waals surface area contributed by atoms with Gasteiger partial charge in [-0.1, -0.05) is 12.1 Å². The summed E-state index contributed by atoms with van der Waals surface area (Å²) in [6.45, 7) is 0.540. The predicted octanol–water partition coefficient (Wildman–Crippen LogP) is 4.45. The van der Waals surface area contributed by atoms with Crippen LogP contribution in [0, 0.1) is 10.1 Å². The molecule has 0 radical (unpaired) electrons. The van der Waals surface area contributed by atoms with E-state index in [4.69, 9.17) is 14.2 Å². The molecule has 0 bridgehead atoms. The normalized spacial score (nSPS) is 15.3. The first-order chi connectivity index (χ1) is 11.9. The molecule has 0 saturated carbocycles. The molecule has 1 fully saturated rings. The molecule has 1 aliphatic rings. The highest BCUT2D eigenvalue weighted by Gasteiger charge is 2.35. The minimum absolute atomic E-state index is 0.00537. The molecule has 25 heavy (non-hydrogen) atoms. The van der Waals surface area contributed by atoms with E-state index in [-0.39, 0.29) is 30.2 Å². The maximum Gasteiger partial charge on any atom is 0.419 e. The van der Waals surface area contributed by atoms with Crippen LogP contribution >= 0.6 is 0 Å². The Morgan fingerprint density at radius 1 is 1.08 bits per heavy atom. The van der Waals surface area contributed by atoms with Gasteiger partial charge in [-0.25, -0.2) is 0 Å². The van der Waals surface area contributed by atoms with E-state index in [0.29, 0.717) is 0 Å². The van der Waals surface area contributed by atoms with Gasteiger partial charge in [0.2, 0.25) is 0 Å². The lowest BCUT2D eigenvalue weighted by molar-refractivity contribution is -0.385. The summed E-state index contributed by atoms with van der Waals surface area (Å²) < 4.78 is 55.3. The van der Waals surface area contributed by atoms with Crippen LogP contribution in [0.25, 0.3) is 0 Å². The van der Waals surface area contributed by atoms with Crippen LogP contribution in [-0.4, -0.2) is 18.1 Å². The minimum atomic E-state index is -4.60. The monoisotopic (exact) mass is 355 g/mol. The second-order valence-corrected chi connectivity index (χ2v) is 5.15. The van der Waals surface area contributed by atoms with E-state index in [1.165, 1.54) is 30.3 Å². The predicted molar refractivity (Wildman–Crippen MR) is 79.3 cm³/mol. The molecule has 0 amide bonds. The van der Waals surface area contributed by atoms with Crippen molar-refractivity contribution in [2.45, 2.75) is 12.5 Å². The fourth-order valence-corrected chi connectivity index (χ4v) is 2.37. The summed E-state index contributed by atoms with van der Waals surface area (Å²) in [7, 11) is 0. The maximum atomic E-state index is 13.1. The Bertz CT molecular complexity index is 788. The highest BCUT2D eigenvalue weighted by atomic mass is 19.4. The molecule has 2 aromatic carbocycles. The van der Waals surface area contributed by atoms with Crippen LogP contribution in [0.2, 0.25) is 0 Å². The van der Waals surface area contributed by atoms with Gasteiger partial charge in [-0.05, 0) is 18.2 Å². The highest BCUT2D eigenvalue weighted by molar-refractivity contribution is 5.48. The first kappa shape index (κ1) is 17.2. The quantitative estimate of drug-likeness (QED) is 0.598. The molecule has 0 spiro atoms. The second-order valence-electron chi connectivity index (χ2n) is 5.15. The number of ether oxygens (including phenoxy) is 3. The molecule has 0 atom stereocenters. The first-order valence-electron chi connectivity index (χ1n) is 7.22. The third kappa shape index (κ3) is 3.72. The van der Waals surface area contributed by atoms with Crippen LogP contribution in [-0.2, 0) is 15.7 Å². The van der Waals surface area contributed by atoms with Gasteiger partial charge in [-0.3, -0.25) is 10.1 Å². The summed E-state index contributed by atoms with van der Waals surface area (Å²) in [5.74, 6) is -0.419. The van der Waals surface area contributed by atoms with E-state index in [2.05, 4.69) is 0 Å². The van der Waals surface area contributed by atoms with Crippen molar-refractivity contribution in [2.24, 2.45) is 0 Å². The molecule has 0 N–H and O–H groups in total. The number of rotatable bonds is 4. The molecule has 132 valence electrons. The maximum absolute atomic E-state index is 13.1. The van der Waals surface area contributed by atoms with Gasteiger partial charge in [-0.2, -0.15) is 13.2 Å². The number of nitrogens with zero attached hydrogens (tertiary/aromatic N) is 1. The van der Waals surface area contributed by atoms with Gasteiger partial charge in [0.1, 0.15) is 11.5 Å². The molecule has 3 rings (SSSR count). The zero-order chi connectivity index (χ0) is 18.0. The summed E-state index contributed by atoms with van der Waals surface area (Å²) in [6, 6.07) is 8.25. The van der Waals surface area contributed by atoms with E-state index < -0.39 is 28.7 Å². The molecular weight excluding hydrogens is 343 g/mol. The molecule has 0 unspecified atom stereocenters. The Hall–Kier alpha value is -2.65. The third-order valence-corrected chi connectivity index (χ3v) is 3.49. The van der Waals surface area contributed by atoms with Crippen molar-refractivity contribution in [2.75, 3.05) is 13.2 Å². The summed E-state index contributed by atoms with van der Waals surface area (Å²) in [5.41, 5.74) is -1.04. The Labute approximate surface area is 139 Å². The standard InChI is InChI=1S/C16H12F3NO5/c17-16(18,19)12-3-1-2-4-14(12)25-13-6-5-10(20(21)22)9-11(13)15-23-7-8-24-15/h1-6,9,15H,7-8H2. The fraction of sp³-hybridized carbons (Fsp3) is 0.250. The largest absolute Gasteiger partial charge is 0.456 e. The van der Waals surface area contributed by atoms with Gasteiger partial charge >= 0.3 is 6.18 Å². The number of nitro benzene ring substituents is 1. The summed E-state index contributed by atoms with van der Waals surface area (Å²) in [4.78, 5) is 10.3. The molecule has 6 nitrogen and oxygen atoms in total. The van der Waals surface area contributed by atoms with Crippen molar-refractivity contribution in [3.05, 3.63) is 63.7 Å². The Morgan fingerprint density at radius 3 is 2.40 bits per heavy atom. The zero-order valence-corrected chi connectivity index (χ0v) is 12.7. The number of benzene rings is 2. The van der Waals surface area contributed by atoms with Crippen molar-refractivity contribution in [1.29, 1.82) is 0 Å². The molecular formula is C16H12F3NO5. The molecule has 1 heterocycles. The number of alkyl halides is 3. The lowest BCUT2D eigenvalue weighted by atomic mass is 10.1. The van der Waals surface area contributed by atoms with Crippen LogP contribution in [0.1, 0.15) is 17.4 Å². The Kier molecular flexibility index (Phi) is 4.60. The first-order valence-corrected chi connectivity index (χ1v) is 7.22. The van der Waals surface area contributed by atoms with Crippen molar-refractivity contribution in [3.63, 3.8) is 0 Å². The second kappa shape index (κ2) is 6.69. The van der Waals surface area contributed by atoms with E-state index in [1.54, 1.807) is 0 Å². The number of non-ortho nitro benzene ring substituents is 1. The van der Waals surface area contributed by atoms with Crippen LogP contribution in [0.4, 0.5) is 18.9 Å². The van der Waals surface area contributed by atoms with Crippen molar-refractivity contribution < 1.29 is 32.3 Å². The van der Waals surface area contributed by atoms with Gasteiger partial charge in [0, 0.05) is 12.1 Å². The summed E-state index contributed by atoms with van der Waals surface area (Å²) >= 11 is 0. The van der Waals surface area contributed by atoms with Crippen molar-refractivity contribution in [3.8, 4) is 11.5 Å². The Morgan fingerprint density at radius 2 is 1.76 bits per heavy atom. The molecule has 2 aromatic rings. The summed E-state index contributed by atoms with van der Waals surface area (Å²) in [5, 5.41) is 11.0. The number of halogens is 3. The molecule has 1 aliphatic heterocycles. The van der Waals surface area contributed by atoms with E-state index in [9.17, 15) is 23.3 Å². The number of para-hydroxylation sites is 1. The zero-order valence-electron chi connectivity index (χ0n) is 12.7. The minimum Gasteiger partial charge on any atom is -0.456 e. The summed E-state index contributed by atoms with van der Waals surface area (Å²) in [6.07, 6.45) is -5.54. The van der Waals surface area contributed by atoms with E-state index in [0.717, 1.165) is 12.1 Å². The molecule has 0 aliphatic carbocycles. The highest BCUT2D eigenvalue weighted by Crippen LogP contribution is 2.41. The van der Waals surface area contributed by atoms with Crippen LogP contribution in [0.15, 0.2) is 42.5 Å². The van der Waals surface area contributed by atoms with E-state index >= 15 is 0 Å². The number of hydrogen-bond acceptors (Lipinski definition) is 5. The van der Waals surface area contributed by atoms with Crippen LogP contribution in [0.3, 0.4) is 0 Å². The SMILES string of the molecule is O=[N+]([O-])c1ccc(Oc2ccccc2C(F)(F)F)c(C2OCCO2)c1. The van der Waals surface area contributed by atoms with Gasteiger partial charge < -0.3 is 14.2 Å². The topological polar surface area (TPSA) is 70.8 Å². The third-order valence-electron chi connectivity index (χ3n) is 3.49. The van der Waals surface area contributed by atoms with Gasteiger partial charge in [0.25, 0.3) is 5.69 Å². The number of hydrogen-bond donors (Lipinski definition) is 0. The van der Waals surface area contributed by atoms with Gasteiger partial charge in [0.05, 0.1) is 29.3 Å². The molecule has 0 aromatic heterocycles. The molecule has 9 heteroatoms. The van der Waals surface area contributed by atoms with Gasteiger partial charge in [0.15, 0.2) is 6.29 Å². The smallest absolute Gasteiger partial charge is 0.419 e. The lowest BCUT2D eigenvalue weighted by Crippen LogP contribution is -2.08. The average Bonchev–Trinajstić information content (AvgIpc) is 3.09. The Balaban J connectivity index is 2.02. The van der Waals surface area contributed by atoms with Crippen molar-refractivity contribution in [1.82, 2.24) is 0 Å². The fourth-order valence-electron chi connectivity index (χ4n) is 2.37.